The lowest BCUT2D eigenvalue weighted by molar-refractivity contribution is -0.145. The Morgan fingerprint density at radius 1 is 0.923 bits per heavy atom. The van der Waals surface area contributed by atoms with Crippen LogP contribution >= 0.6 is 0 Å². The van der Waals surface area contributed by atoms with Gasteiger partial charge < -0.3 is 25.2 Å². The van der Waals surface area contributed by atoms with Gasteiger partial charge in [0.25, 0.3) is 0 Å². The van der Waals surface area contributed by atoms with Gasteiger partial charge in [0.2, 0.25) is 0 Å². The second kappa shape index (κ2) is 10.9. The molecule has 1 heterocycles. The van der Waals surface area contributed by atoms with Gasteiger partial charge in [-0.25, -0.2) is 0 Å². The monoisotopic (exact) mass is 373 g/mol. The van der Waals surface area contributed by atoms with Crippen LogP contribution in [-0.4, -0.2) is 82.1 Å². The van der Waals surface area contributed by atoms with Crippen LogP contribution in [0.2, 0.25) is 0 Å². The van der Waals surface area contributed by atoms with Crippen LogP contribution in [-0.2, 0) is 4.74 Å². The first kappa shape index (κ1) is 22.1. The van der Waals surface area contributed by atoms with Crippen LogP contribution in [0.3, 0.4) is 0 Å². The number of β-amino-alcohol motifs (C(OH)–C–C–N with tert-alkyl or cyclic N) is 1. The van der Waals surface area contributed by atoms with Crippen molar-refractivity contribution in [1.82, 2.24) is 4.90 Å². The summed E-state index contributed by atoms with van der Waals surface area (Å²) in [5, 5.41) is 39.0. The number of aliphatic hydroxyl groups is 4. The fourth-order valence-electron chi connectivity index (χ4n) is 4.31. The maximum Gasteiger partial charge on any atom is 0.109 e. The van der Waals surface area contributed by atoms with Crippen molar-refractivity contribution in [3.05, 3.63) is 0 Å². The first-order valence-corrected chi connectivity index (χ1v) is 10.4. The Morgan fingerprint density at radius 3 is 2.35 bits per heavy atom. The zero-order chi connectivity index (χ0) is 19.1. The van der Waals surface area contributed by atoms with Gasteiger partial charge in [0, 0.05) is 13.2 Å². The number of rotatable bonds is 9. The number of aliphatic hydroxyl groups excluding tert-OH is 4. The molecule has 1 aliphatic carbocycles. The number of likely N-dealkylation sites (tertiary alicyclic amines) is 1. The molecule has 6 nitrogen and oxygen atoms in total. The molecule has 2 aliphatic rings. The number of hydrogen-bond acceptors (Lipinski definition) is 6. The van der Waals surface area contributed by atoms with Crippen molar-refractivity contribution in [2.45, 2.75) is 89.3 Å². The molecule has 0 aromatic rings. The van der Waals surface area contributed by atoms with E-state index in [-0.39, 0.29) is 6.61 Å². The van der Waals surface area contributed by atoms with E-state index in [2.05, 4.69) is 13.8 Å². The Labute approximate surface area is 158 Å². The molecule has 0 radical (unpaired) electrons. The third kappa shape index (κ3) is 6.14. The van der Waals surface area contributed by atoms with Crippen molar-refractivity contribution in [1.29, 1.82) is 0 Å². The molecule has 2 rings (SSSR count). The molecule has 154 valence electrons. The summed E-state index contributed by atoms with van der Waals surface area (Å²) < 4.78 is 6.04. The molecule has 0 spiro atoms. The van der Waals surface area contributed by atoms with E-state index in [9.17, 15) is 20.4 Å². The lowest BCUT2D eigenvalue weighted by atomic mass is 9.80. The quantitative estimate of drug-likeness (QED) is 0.453. The SMILES string of the molecule is CC1CCC(OCCCCCCN2C[C@H](O)[C@@H](O)[C@H](O)[C@H]2CO)CC1C. The molecule has 0 aromatic heterocycles. The second-order valence-corrected chi connectivity index (χ2v) is 8.47. The van der Waals surface area contributed by atoms with E-state index < -0.39 is 24.4 Å². The van der Waals surface area contributed by atoms with Crippen LogP contribution in [0.4, 0.5) is 0 Å². The molecular weight excluding hydrogens is 334 g/mol. The summed E-state index contributed by atoms with van der Waals surface area (Å²) in [4.78, 5) is 1.89. The van der Waals surface area contributed by atoms with Gasteiger partial charge in [-0.1, -0.05) is 26.7 Å². The minimum Gasteiger partial charge on any atom is -0.395 e. The molecular formula is C20H39NO5. The summed E-state index contributed by atoms with van der Waals surface area (Å²) in [5.41, 5.74) is 0. The summed E-state index contributed by atoms with van der Waals surface area (Å²) in [7, 11) is 0. The van der Waals surface area contributed by atoms with E-state index in [0.717, 1.165) is 44.1 Å². The summed E-state index contributed by atoms with van der Waals surface area (Å²) in [5.74, 6) is 1.59. The molecule has 3 unspecified atom stereocenters. The number of piperidine rings is 1. The van der Waals surface area contributed by atoms with E-state index >= 15 is 0 Å². The highest BCUT2D eigenvalue weighted by Crippen LogP contribution is 2.31. The average molecular weight is 374 g/mol. The van der Waals surface area contributed by atoms with Gasteiger partial charge in [-0.05, 0) is 50.5 Å². The van der Waals surface area contributed by atoms with Crippen LogP contribution < -0.4 is 0 Å². The smallest absolute Gasteiger partial charge is 0.109 e. The Kier molecular flexibility index (Phi) is 9.27. The highest BCUT2D eigenvalue weighted by atomic mass is 16.5. The molecule has 26 heavy (non-hydrogen) atoms. The molecule has 6 heteroatoms. The molecule has 1 saturated carbocycles. The van der Waals surface area contributed by atoms with Crippen molar-refractivity contribution in [3.63, 3.8) is 0 Å². The molecule has 1 saturated heterocycles. The third-order valence-electron chi connectivity index (χ3n) is 6.46. The first-order valence-electron chi connectivity index (χ1n) is 10.4. The van der Waals surface area contributed by atoms with Gasteiger partial charge in [0.1, 0.15) is 12.2 Å². The minimum atomic E-state index is -1.17. The molecule has 0 aromatic carbocycles. The maximum atomic E-state index is 9.98. The highest BCUT2D eigenvalue weighted by Gasteiger charge is 2.40. The van der Waals surface area contributed by atoms with E-state index in [1.807, 2.05) is 4.90 Å². The Hall–Kier alpha value is -0.240. The molecule has 7 atom stereocenters. The van der Waals surface area contributed by atoms with E-state index in [1.165, 1.54) is 19.3 Å². The Morgan fingerprint density at radius 2 is 1.65 bits per heavy atom. The first-order chi connectivity index (χ1) is 12.4. The van der Waals surface area contributed by atoms with E-state index in [1.54, 1.807) is 0 Å². The van der Waals surface area contributed by atoms with Crippen molar-refractivity contribution in [3.8, 4) is 0 Å². The lowest BCUT2D eigenvalue weighted by Crippen LogP contribution is -2.62. The van der Waals surface area contributed by atoms with Crippen LogP contribution in [0.15, 0.2) is 0 Å². The average Bonchev–Trinajstić information content (AvgIpc) is 2.62. The predicted molar refractivity (Wildman–Crippen MR) is 101 cm³/mol. The van der Waals surface area contributed by atoms with Gasteiger partial charge in [0.05, 0.1) is 24.9 Å². The topological polar surface area (TPSA) is 93.4 Å². The lowest BCUT2D eigenvalue weighted by Gasteiger charge is -2.43. The maximum absolute atomic E-state index is 9.98. The Bertz CT molecular complexity index is 396. The zero-order valence-electron chi connectivity index (χ0n) is 16.5. The number of ether oxygens (including phenoxy) is 1. The van der Waals surface area contributed by atoms with Gasteiger partial charge in [-0.3, -0.25) is 4.90 Å². The van der Waals surface area contributed by atoms with Crippen molar-refractivity contribution < 1.29 is 25.2 Å². The number of hydrogen-bond donors (Lipinski definition) is 4. The van der Waals surface area contributed by atoms with Crippen LogP contribution in [0.1, 0.15) is 58.8 Å². The second-order valence-electron chi connectivity index (χ2n) is 8.47. The fraction of sp³-hybridized carbons (Fsp3) is 1.00. The number of nitrogens with zero attached hydrogens (tertiary/aromatic N) is 1. The molecule has 1 aliphatic heterocycles. The summed E-state index contributed by atoms with van der Waals surface area (Å²) in [6.45, 7) is 6.29. The largest absolute Gasteiger partial charge is 0.395 e. The third-order valence-corrected chi connectivity index (χ3v) is 6.46. The van der Waals surface area contributed by atoms with E-state index in [0.29, 0.717) is 19.2 Å². The zero-order valence-corrected chi connectivity index (χ0v) is 16.5. The van der Waals surface area contributed by atoms with Crippen LogP contribution in [0.25, 0.3) is 0 Å². The molecule has 2 fully saturated rings. The van der Waals surface area contributed by atoms with Gasteiger partial charge >= 0.3 is 0 Å². The van der Waals surface area contributed by atoms with Crippen molar-refractivity contribution in [2.75, 3.05) is 26.3 Å². The fourth-order valence-corrected chi connectivity index (χ4v) is 4.31. The highest BCUT2D eigenvalue weighted by molar-refractivity contribution is 4.94. The molecule has 4 N–H and O–H groups in total. The van der Waals surface area contributed by atoms with E-state index in [4.69, 9.17) is 4.74 Å². The van der Waals surface area contributed by atoms with Crippen molar-refractivity contribution in [2.24, 2.45) is 11.8 Å². The van der Waals surface area contributed by atoms with Gasteiger partial charge in [-0.2, -0.15) is 0 Å². The van der Waals surface area contributed by atoms with Crippen molar-refractivity contribution >= 4 is 0 Å². The summed E-state index contributed by atoms with van der Waals surface area (Å²) in [6.07, 6.45) is 5.04. The van der Waals surface area contributed by atoms with Crippen LogP contribution in [0.5, 0.6) is 0 Å². The normalized spacial score (nSPS) is 39.2. The van der Waals surface area contributed by atoms with Gasteiger partial charge in [0.15, 0.2) is 0 Å². The van der Waals surface area contributed by atoms with Gasteiger partial charge in [-0.15, -0.1) is 0 Å². The van der Waals surface area contributed by atoms with Crippen LogP contribution in [0, 0.1) is 11.8 Å². The molecule has 0 bridgehead atoms. The summed E-state index contributed by atoms with van der Waals surface area (Å²) in [6, 6.07) is -0.493. The summed E-state index contributed by atoms with van der Waals surface area (Å²) >= 11 is 0. The predicted octanol–water partition coefficient (Wildman–Crippen LogP) is 1.15. The minimum absolute atomic E-state index is 0.211. The molecule has 0 amide bonds. The Balaban J connectivity index is 1.55. The number of unbranched alkanes of at least 4 members (excludes halogenated alkanes) is 3. The standard InChI is InChI=1S/C20H39NO5/c1-14-7-8-16(11-15(14)2)26-10-6-4-3-5-9-21-12-18(23)20(25)19(24)17(21)13-22/h14-20,22-25H,3-13H2,1-2H3/t14?,15?,16?,17-,18+,19-,20-/m1/s1.